The molecule has 0 fully saturated rings. The van der Waals surface area contributed by atoms with E-state index in [-0.39, 0.29) is 5.91 Å². The van der Waals surface area contributed by atoms with E-state index in [0.717, 1.165) is 28.1 Å². The molecule has 0 aliphatic carbocycles. The van der Waals surface area contributed by atoms with Crippen molar-refractivity contribution in [2.45, 2.75) is 12.5 Å². The second kappa shape index (κ2) is 9.16. The zero-order valence-electron chi connectivity index (χ0n) is 16.4. The molecule has 0 bridgehead atoms. The smallest absolute Gasteiger partial charge is 0.242 e. The number of thiophene rings is 1. The zero-order valence-corrected chi connectivity index (χ0v) is 17.2. The Morgan fingerprint density at radius 1 is 0.968 bits per heavy atom. The van der Waals surface area contributed by atoms with E-state index in [1.807, 2.05) is 42.5 Å². The molecule has 2 aromatic heterocycles. The highest BCUT2D eigenvalue weighted by Crippen LogP contribution is 2.42. The molecule has 7 heteroatoms. The molecule has 4 rings (SSSR count). The Labute approximate surface area is 182 Å². The fourth-order valence-corrected chi connectivity index (χ4v) is 4.31. The van der Waals surface area contributed by atoms with Crippen LogP contribution in [0.5, 0.6) is 0 Å². The topological polar surface area (TPSA) is 68.0 Å². The molecule has 0 radical (unpaired) electrons. The van der Waals surface area contributed by atoms with Crippen molar-refractivity contribution in [3.8, 4) is 21.6 Å². The first-order valence-corrected chi connectivity index (χ1v) is 10.4. The molecular formula is C24H19F2N3OS. The molecule has 0 saturated carbocycles. The lowest BCUT2D eigenvalue weighted by atomic mass is 10.0. The third-order valence-corrected chi connectivity index (χ3v) is 5.89. The molecule has 0 aliphatic rings. The van der Waals surface area contributed by atoms with E-state index in [0.29, 0.717) is 22.5 Å². The predicted molar refractivity (Wildman–Crippen MR) is 120 cm³/mol. The molecule has 2 aromatic carbocycles. The number of rotatable bonds is 6. The minimum Gasteiger partial charge on any atom is -0.320 e. The van der Waals surface area contributed by atoms with Crippen LogP contribution in [0, 0.1) is 11.6 Å². The minimum absolute atomic E-state index is 0.316. The average Bonchev–Trinajstić information content (AvgIpc) is 3.20. The van der Waals surface area contributed by atoms with Gasteiger partial charge in [0, 0.05) is 22.8 Å². The number of nitrogens with two attached hydrogens (primary N) is 1. The van der Waals surface area contributed by atoms with Gasteiger partial charge >= 0.3 is 0 Å². The predicted octanol–water partition coefficient (Wildman–Crippen LogP) is 5.26. The van der Waals surface area contributed by atoms with E-state index in [9.17, 15) is 13.6 Å². The number of hydrogen-bond acceptors (Lipinski definition) is 4. The molecule has 4 nitrogen and oxygen atoms in total. The van der Waals surface area contributed by atoms with Crippen molar-refractivity contribution in [3.63, 3.8) is 0 Å². The fourth-order valence-electron chi connectivity index (χ4n) is 3.22. The van der Waals surface area contributed by atoms with Gasteiger partial charge in [0.15, 0.2) is 11.6 Å². The van der Waals surface area contributed by atoms with Crippen molar-refractivity contribution in [3.05, 3.63) is 96.3 Å². The van der Waals surface area contributed by atoms with Crippen LogP contribution in [-0.2, 0) is 11.2 Å². The number of nitrogens with one attached hydrogen (secondary N) is 1. The quantitative estimate of drug-likeness (QED) is 0.434. The molecule has 0 saturated heterocycles. The molecule has 1 atom stereocenters. The van der Waals surface area contributed by atoms with E-state index in [1.54, 1.807) is 18.5 Å². The lowest BCUT2D eigenvalue weighted by molar-refractivity contribution is -0.117. The number of amides is 1. The van der Waals surface area contributed by atoms with Crippen LogP contribution in [0.15, 0.2) is 79.1 Å². The maximum absolute atomic E-state index is 13.9. The molecule has 2 heterocycles. The minimum atomic E-state index is -0.931. The number of carbonyl (C=O) groups is 1. The van der Waals surface area contributed by atoms with Crippen molar-refractivity contribution in [2.75, 3.05) is 5.32 Å². The van der Waals surface area contributed by atoms with Gasteiger partial charge in [-0.1, -0.05) is 36.4 Å². The molecule has 4 aromatic rings. The number of hydrogen-bond donors (Lipinski definition) is 2. The summed E-state index contributed by atoms with van der Waals surface area (Å²) in [5.74, 6) is -2.16. The largest absolute Gasteiger partial charge is 0.320 e. The van der Waals surface area contributed by atoms with Crippen LogP contribution in [0.2, 0.25) is 0 Å². The van der Waals surface area contributed by atoms with Crippen LogP contribution in [0.25, 0.3) is 21.6 Å². The van der Waals surface area contributed by atoms with Crippen LogP contribution in [0.3, 0.4) is 0 Å². The Bertz CT molecular complexity index is 1200. The summed E-state index contributed by atoms with van der Waals surface area (Å²) >= 11 is 1.34. The summed E-state index contributed by atoms with van der Waals surface area (Å²) in [6.07, 6.45) is 3.71. The Hall–Kier alpha value is -3.42. The van der Waals surface area contributed by atoms with Crippen LogP contribution in [0.4, 0.5) is 13.8 Å². The number of carbonyl (C=O) groups excluding carboxylic acids is 1. The fraction of sp³-hybridized carbons (Fsp3) is 0.0833. The van der Waals surface area contributed by atoms with Gasteiger partial charge in [0.1, 0.15) is 0 Å². The number of pyridine rings is 1. The molecule has 0 aliphatic heterocycles. The Balaban J connectivity index is 1.63. The molecular weight excluding hydrogens is 416 g/mol. The third kappa shape index (κ3) is 4.84. The Kier molecular flexibility index (Phi) is 6.16. The molecule has 0 unspecified atom stereocenters. The van der Waals surface area contributed by atoms with Crippen LogP contribution in [0.1, 0.15) is 5.56 Å². The van der Waals surface area contributed by atoms with E-state index < -0.39 is 17.7 Å². The summed E-state index contributed by atoms with van der Waals surface area (Å²) in [5.41, 5.74) is 9.11. The van der Waals surface area contributed by atoms with E-state index in [1.165, 1.54) is 17.4 Å². The first-order valence-electron chi connectivity index (χ1n) is 9.61. The van der Waals surface area contributed by atoms with Crippen molar-refractivity contribution in [1.29, 1.82) is 0 Å². The second-order valence-corrected chi connectivity index (χ2v) is 8.06. The number of halogens is 2. The summed E-state index contributed by atoms with van der Waals surface area (Å²) in [5, 5.41) is 3.43. The molecule has 0 spiro atoms. The Morgan fingerprint density at radius 2 is 1.71 bits per heavy atom. The van der Waals surface area contributed by atoms with Gasteiger partial charge in [0.2, 0.25) is 5.91 Å². The summed E-state index contributed by atoms with van der Waals surface area (Å²) in [6.45, 7) is 0. The summed E-state index contributed by atoms with van der Waals surface area (Å²) in [7, 11) is 0. The highest BCUT2D eigenvalue weighted by atomic mass is 32.1. The molecule has 3 N–H and O–H groups in total. The first-order chi connectivity index (χ1) is 15.0. The van der Waals surface area contributed by atoms with Gasteiger partial charge in [-0.05, 0) is 53.4 Å². The monoisotopic (exact) mass is 435 g/mol. The van der Waals surface area contributed by atoms with Crippen molar-refractivity contribution >= 4 is 22.2 Å². The maximum atomic E-state index is 13.9. The number of aromatic nitrogens is 1. The van der Waals surface area contributed by atoms with Gasteiger partial charge in [-0.3, -0.25) is 9.78 Å². The van der Waals surface area contributed by atoms with E-state index in [2.05, 4.69) is 10.3 Å². The van der Waals surface area contributed by atoms with Crippen molar-refractivity contribution in [1.82, 2.24) is 4.98 Å². The van der Waals surface area contributed by atoms with Crippen molar-refractivity contribution in [2.24, 2.45) is 5.73 Å². The maximum Gasteiger partial charge on any atom is 0.242 e. The molecule has 156 valence electrons. The number of nitrogens with zero attached hydrogens (tertiary/aromatic N) is 1. The van der Waals surface area contributed by atoms with E-state index >= 15 is 0 Å². The Morgan fingerprint density at radius 3 is 2.42 bits per heavy atom. The zero-order chi connectivity index (χ0) is 21.8. The standard InChI is InChI=1S/C24H19F2N3OS/c25-19-7-6-17(13-20(19)26)18-14-22(31-23(18)16-8-10-28-11-9-16)29-24(30)21(27)12-15-4-2-1-3-5-15/h1-11,13-14,21H,12,27H2,(H,29,30)/t21-/m0/s1. The normalized spacial score (nSPS) is 11.8. The van der Waals surface area contributed by atoms with Gasteiger partial charge in [-0.2, -0.15) is 0 Å². The summed E-state index contributed by atoms with van der Waals surface area (Å²) in [4.78, 5) is 17.5. The highest BCUT2D eigenvalue weighted by molar-refractivity contribution is 7.20. The van der Waals surface area contributed by atoms with Crippen LogP contribution < -0.4 is 11.1 Å². The van der Waals surface area contributed by atoms with Gasteiger partial charge in [-0.25, -0.2) is 8.78 Å². The van der Waals surface area contributed by atoms with Gasteiger partial charge < -0.3 is 11.1 Å². The number of benzene rings is 2. The average molecular weight is 435 g/mol. The SMILES string of the molecule is N[C@@H](Cc1ccccc1)C(=O)Nc1cc(-c2ccc(F)c(F)c2)c(-c2ccncc2)s1. The van der Waals surface area contributed by atoms with Crippen LogP contribution >= 0.6 is 11.3 Å². The highest BCUT2D eigenvalue weighted by Gasteiger charge is 2.19. The summed E-state index contributed by atoms with van der Waals surface area (Å²) in [6, 6.07) is 18.0. The lowest BCUT2D eigenvalue weighted by Gasteiger charge is -2.11. The van der Waals surface area contributed by atoms with Gasteiger partial charge in [0.05, 0.1) is 11.0 Å². The molecule has 1 amide bonds. The van der Waals surface area contributed by atoms with Crippen molar-refractivity contribution < 1.29 is 13.6 Å². The van der Waals surface area contributed by atoms with Gasteiger partial charge in [-0.15, -0.1) is 11.3 Å². The number of anilines is 1. The van der Waals surface area contributed by atoms with Gasteiger partial charge in [0.25, 0.3) is 0 Å². The molecule has 31 heavy (non-hydrogen) atoms. The third-order valence-electron chi connectivity index (χ3n) is 4.79. The van der Waals surface area contributed by atoms with Crippen LogP contribution in [-0.4, -0.2) is 16.9 Å². The first kappa shape index (κ1) is 20.8. The lowest BCUT2D eigenvalue weighted by Crippen LogP contribution is -2.37. The second-order valence-electron chi connectivity index (χ2n) is 7.00. The van der Waals surface area contributed by atoms with E-state index in [4.69, 9.17) is 5.73 Å². The summed E-state index contributed by atoms with van der Waals surface area (Å²) < 4.78 is 27.3.